The SMILES string of the molecule is CCCCCC[C@@H](C)C[C@H](CNC(=O)O[C@H](OC(=O)C(C)C)C(C)C)CC(=O)O. The summed E-state index contributed by atoms with van der Waals surface area (Å²) in [5.74, 6) is -1.60. The first-order valence-corrected chi connectivity index (χ1v) is 10.9. The maximum Gasteiger partial charge on any atom is 0.410 e. The van der Waals surface area contributed by atoms with Crippen molar-refractivity contribution in [1.82, 2.24) is 5.32 Å². The van der Waals surface area contributed by atoms with Gasteiger partial charge in [0.2, 0.25) is 0 Å². The van der Waals surface area contributed by atoms with E-state index >= 15 is 0 Å². The molecule has 0 rings (SSSR count). The molecule has 0 bridgehead atoms. The van der Waals surface area contributed by atoms with Crippen LogP contribution in [0.15, 0.2) is 0 Å². The quantitative estimate of drug-likeness (QED) is 0.222. The van der Waals surface area contributed by atoms with Gasteiger partial charge in [0.1, 0.15) is 0 Å². The molecule has 7 nitrogen and oxygen atoms in total. The Morgan fingerprint density at radius 2 is 1.62 bits per heavy atom. The largest absolute Gasteiger partial charge is 0.481 e. The minimum Gasteiger partial charge on any atom is -0.481 e. The number of ether oxygens (including phenoxy) is 2. The highest BCUT2D eigenvalue weighted by Gasteiger charge is 2.25. The van der Waals surface area contributed by atoms with Crippen molar-refractivity contribution in [3.8, 4) is 0 Å². The number of hydrogen-bond donors (Lipinski definition) is 2. The van der Waals surface area contributed by atoms with Gasteiger partial charge >= 0.3 is 18.0 Å². The highest BCUT2D eigenvalue weighted by molar-refractivity contribution is 5.72. The third-order valence-electron chi connectivity index (χ3n) is 4.76. The molecule has 29 heavy (non-hydrogen) atoms. The van der Waals surface area contributed by atoms with Crippen LogP contribution in [0.4, 0.5) is 4.79 Å². The molecule has 0 saturated heterocycles. The van der Waals surface area contributed by atoms with Crippen LogP contribution in [0, 0.1) is 23.7 Å². The number of esters is 1. The van der Waals surface area contributed by atoms with Crippen molar-refractivity contribution in [3.05, 3.63) is 0 Å². The molecule has 0 saturated carbocycles. The van der Waals surface area contributed by atoms with Crippen molar-refractivity contribution in [3.63, 3.8) is 0 Å². The zero-order valence-electron chi connectivity index (χ0n) is 19.0. The lowest BCUT2D eigenvalue weighted by Gasteiger charge is -2.24. The molecule has 0 heterocycles. The zero-order valence-corrected chi connectivity index (χ0v) is 19.0. The van der Waals surface area contributed by atoms with Gasteiger partial charge in [-0.25, -0.2) is 4.79 Å². The summed E-state index contributed by atoms with van der Waals surface area (Å²) in [6, 6.07) is 0. The standard InChI is InChI=1S/C22H41NO6/c1-7-8-9-10-11-17(6)12-18(13-19(24)25)14-23-22(27)29-21(16(4)5)28-20(26)15(2)3/h15-18,21H,7-14H2,1-6H3,(H,23,27)(H,24,25)/t17-,18+,21+/m1/s1. The lowest BCUT2D eigenvalue weighted by Crippen LogP contribution is -2.37. The number of alkyl carbamates (subject to hydrolysis) is 1. The molecule has 0 fully saturated rings. The molecule has 1 amide bonds. The van der Waals surface area contributed by atoms with E-state index in [1.54, 1.807) is 27.7 Å². The fourth-order valence-corrected chi connectivity index (χ4v) is 3.01. The van der Waals surface area contributed by atoms with Gasteiger partial charge in [0.15, 0.2) is 0 Å². The Balaban J connectivity index is 4.58. The number of aliphatic carboxylic acids is 1. The van der Waals surface area contributed by atoms with E-state index in [1.807, 2.05) is 0 Å². The summed E-state index contributed by atoms with van der Waals surface area (Å²) in [4.78, 5) is 35.1. The second kappa shape index (κ2) is 15.1. The molecule has 170 valence electrons. The van der Waals surface area contributed by atoms with Crippen molar-refractivity contribution < 1.29 is 29.0 Å². The van der Waals surface area contributed by atoms with Crippen LogP contribution in [0.3, 0.4) is 0 Å². The minimum atomic E-state index is -0.972. The minimum absolute atomic E-state index is 0.00444. The Bertz CT molecular complexity index is 492. The smallest absolute Gasteiger partial charge is 0.410 e. The molecule has 0 aliphatic carbocycles. The summed E-state index contributed by atoms with van der Waals surface area (Å²) in [5.41, 5.74) is 0. The monoisotopic (exact) mass is 415 g/mol. The number of amides is 1. The molecule has 7 heteroatoms. The van der Waals surface area contributed by atoms with E-state index < -0.39 is 24.3 Å². The van der Waals surface area contributed by atoms with Crippen molar-refractivity contribution >= 4 is 18.0 Å². The molecule has 0 aliphatic rings. The van der Waals surface area contributed by atoms with Crippen LogP contribution in [0.1, 0.15) is 86.5 Å². The van der Waals surface area contributed by atoms with Crippen molar-refractivity contribution in [2.45, 2.75) is 92.8 Å². The van der Waals surface area contributed by atoms with Gasteiger partial charge in [-0.05, 0) is 18.3 Å². The van der Waals surface area contributed by atoms with E-state index in [4.69, 9.17) is 9.47 Å². The van der Waals surface area contributed by atoms with Gasteiger partial charge < -0.3 is 19.9 Å². The van der Waals surface area contributed by atoms with Gasteiger partial charge in [-0.3, -0.25) is 9.59 Å². The van der Waals surface area contributed by atoms with Crippen LogP contribution in [0.5, 0.6) is 0 Å². The van der Waals surface area contributed by atoms with Crippen LogP contribution >= 0.6 is 0 Å². The number of hydrogen-bond acceptors (Lipinski definition) is 5. The van der Waals surface area contributed by atoms with E-state index in [1.165, 1.54) is 19.3 Å². The maximum atomic E-state index is 12.2. The summed E-state index contributed by atoms with van der Waals surface area (Å²) >= 11 is 0. The summed E-state index contributed by atoms with van der Waals surface area (Å²) in [6.07, 6.45) is 4.85. The van der Waals surface area contributed by atoms with E-state index in [2.05, 4.69) is 19.2 Å². The van der Waals surface area contributed by atoms with E-state index in [0.29, 0.717) is 5.92 Å². The van der Waals surface area contributed by atoms with Crippen LogP contribution < -0.4 is 5.32 Å². The lowest BCUT2D eigenvalue weighted by atomic mass is 9.89. The number of carbonyl (C=O) groups is 3. The first-order chi connectivity index (χ1) is 13.6. The number of carbonyl (C=O) groups excluding carboxylic acids is 2. The average Bonchev–Trinajstić information content (AvgIpc) is 2.62. The van der Waals surface area contributed by atoms with Gasteiger partial charge in [-0.2, -0.15) is 0 Å². The lowest BCUT2D eigenvalue weighted by molar-refractivity contribution is -0.178. The fraction of sp³-hybridized carbons (Fsp3) is 0.864. The molecule has 0 unspecified atom stereocenters. The molecule has 3 atom stereocenters. The summed E-state index contributed by atoms with van der Waals surface area (Å²) < 4.78 is 10.5. The van der Waals surface area contributed by atoms with Gasteiger partial charge in [0, 0.05) is 18.9 Å². The predicted octanol–water partition coefficient (Wildman–Crippen LogP) is 4.98. The predicted molar refractivity (Wildman–Crippen MR) is 112 cm³/mol. The first-order valence-electron chi connectivity index (χ1n) is 10.9. The van der Waals surface area contributed by atoms with Gasteiger partial charge in [-0.1, -0.05) is 73.6 Å². The van der Waals surface area contributed by atoms with Crippen LogP contribution in [0.25, 0.3) is 0 Å². The third-order valence-corrected chi connectivity index (χ3v) is 4.76. The molecular formula is C22H41NO6. The van der Waals surface area contributed by atoms with E-state index in [9.17, 15) is 19.5 Å². The Morgan fingerprint density at radius 3 is 2.14 bits per heavy atom. The normalized spacial score (nSPS) is 14.3. The zero-order chi connectivity index (χ0) is 22.4. The molecule has 0 aromatic carbocycles. The van der Waals surface area contributed by atoms with E-state index in [-0.39, 0.29) is 30.7 Å². The first kappa shape index (κ1) is 27.2. The van der Waals surface area contributed by atoms with Crippen LogP contribution in [0.2, 0.25) is 0 Å². The Morgan fingerprint density at radius 1 is 0.966 bits per heavy atom. The second-order valence-electron chi connectivity index (χ2n) is 8.64. The van der Waals surface area contributed by atoms with Crippen LogP contribution in [-0.2, 0) is 19.1 Å². The second-order valence-corrected chi connectivity index (χ2v) is 8.64. The highest BCUT2D eigenvalue weighted by Crippen LogP contribution is 2.21. The number of unbranched alkanes of at least 4 members (excludes halogenated alkanes) is 3. The summed E-state index contributed by atoms with van der Waals surface area (Å²) in [5, 5.41) is 11.8. The molecule has 0 radical (unpaired) electrons. The van der Waals surface area contributed by atoms with Crippen LogP contribution in [-0.4, -0.2) is 36.0 Å². The molecule has 0 aromatic rings. The van der Waals surface area contributed by atoms with Crippen molar-refractivity contribution in [1.29, 1.82) is 0 Å². The maximum absolute atomic E-state index is 12.2. The Kier molecular flexibility index (Phi) is 14.2. The Hall–Kier alpha value is -1.79. The number of carboxylic acid groups (broad SMARTS) is 1. The fourth-order valence-electron chi connectivity index (χ4n) is 3.01. The third kappa shape index (κ3) is 13.9. The molecule has 0 aromatic heterocycles. The molecule has 0 spiro atoms. The molecule has 0 aliphatic heterocycles. The number of carboxylic acids is 1. The van der Waals surface area contributed by atoms with E-state index in [0.717, 1.165) is 19.3 Å². The topological polar surface area (TPSA) is 102 Å². The molecule has 2 N–H and O–H groups in total. The van der Waals surface area contributed by atoms with Gasteiger partial charge in [0.05, 0.1) is 5.92 Å². The Labute approximate surface area is 175 Å². The highest BCUT2D eigenvalue weighted by atomic mass is 16.7. The van der Waals surface area contributed by atoms with Gasteiger partial charge in [0.25, 0.3) is 6.29 Å². The number of rotatable bonds is 15. The summed E-state index contributed by atoms with van der Waals surface area (Å²) in [7, 11) is 0. The average molecular weight is 416 g/mol. The molecular weight excluding hydrogens is 374 g/mol. The number of nitrogens with one attached hydrogen (secondary N) is 1. The van der Waals surface area contributed by atoms with Crippen molar-refractivity contribution in [2.75, 3.05) is 6.54 Å². The summed E-state index contributed by atoms with van der Waals surface area (Å²) in [6.45, 7) is 11.5. The van der Waals surface area contributed by atoms with Crippen molar-refractivity contribution in [2.24, 2.45) is 23.7 Å². The van der Waals surface area contributed by atoms with Gasteiger partial charge in [-0.15, -0.1) is 0 Å².